The van der Waals surface area contributed by atoms with Crippen LogP contribution in [0.15, 0.2) is 91.0 Å². The molecule has 0 unspecified atom stereocenters. The Morgan fingerprint density at radius 2 is 1.04 bits per heavy atom. The molecule has 1 saturated heterocycles. The van der Waals surface area contributed by atoms with Crippen molar-refractivity contribution >= 4 is 0 Å². The van der Waals surface area contributed by atoms with Gasteiger partial charge in [0.1, 0.15) is 0 Å². The Labute approximate surface area is 144 Å². The van der Waals surface area contributed by atoms with Crippen LogP contribution in [0.4, 0.5) is 0 Å². The van der Waals surface area contributed by atoms with Crippen LogP contribution in [0.1, 0.15) is 29.5 Å². The van der Waals surface area contributed by atoms with E-state index in [9.17, 15) is 0 Å². The van der Waals surface area contributed by atoms with Crippen LogP contribution in [0.25, 0.3) is 0 Å². The third-order valence-electron chi connectivity index (χ3n) is 5.27. The predicted molar refractivity (Wildman–Crippen MR) is 100 cm³/mol. The average Bonchev–Trinajstić information content (AvgIpc) is 3.20. The molecule has 1 aliphatic rings. The van der Waals surface area contributed by atoms with Gasteiger partial charge in [0.15, 0.2) is 0 Å². The molecular weight excluding hydrogens is 290 g/mol. The number of benzene rings is 3. The smallest absolute Gasteiger partial charge is 0.0604 e. The van der Waals surface area contributed by atoms with E-state index in [0.717, 1.165) is 6.54 Å². The average molecular weight is 313 g/mol. The summed E-state index contributed by atoms with van der Waals surface area (Å²) in [7, 11) is 0. The minimum atomic E-state index is -0.152. The molecule has 0 saturated carbocycles. The van der Waals surface area contributed by atoms with Gasteiger partial charge in [0.05, 0.1) is 5.41 Å². The highest BCUT2D eigenvalue weighted by Crippen LogP contribution is 2.44. The Bertz CT molecular complexity index is 662. The maximum Gasteiger partial charge on any atom is 0.0604 e. The summed E-state index contributed by atoms with van der Waals surface area (Å²) in [5.41, 5.74) is 3.94. The SMILES string of the molecule is c1ccc(C(c2ccccc2)(c2ccccc2)[C@H]2CCCN2)cc1. The van der Waals surface area contributed by atoms with E-state index in [4.69, 9.17) is 0 Å². The lowest BCUT2D eigenvalue weighted by Crippen LogP contribution is -2.47. The lowest BCUT2D eigenvalue weighted by atomic mass is 9.64. The first kappa shape index (κ1) is 15.2. The van der Waals surface area contributed by atoms with Gasteiger partial charge in [0.2, 0.25) is 0 Å². The van der Waals surface area contributed by atoms with E-state index >= 15 is 0 Å². The minimum absolute atomic E-state index is 0.152. The Morgan fingerprint density at radius 1 is 0.625 bits per heavy atom. The van der Waals surface area contributed by atoms with Crippen molar-refractivity contribution in [2.24, 2.45) is 0 Å². The second kappa shape index (κ2) is 6.62. The Hall–Kier alpha value is -2.38. The largest absolute Gasteiger partial charge is 0.312 e. The maximum absolute atomic E-state index is 3.79. The molecule has 24 heavy (non-hydrogen) atoms. The number of nitrogens with one attached hydrogen (secondary N) is 1. The second-order valence-corrected chi connectivity index (χ2v) is 6.56. The highest BCUT2D eigenvalue weighted by atomic mass is 15.0. The lowest BCUT2D eigenvalue weighted by molar-refractivity contribution is 0.435. The molecule has 1 heterocycles. The first-order valence-corrected chi connectivity index (χ1v) is 8.82. The van der Waals surface area contributed by atoms with E-state index < -0.39 is 0 Å². The summed E-state index contributed by atoms with van der Waals surface area (Å²) < 4.78 is 0. The Balaban J connectivity index is 2.03. The first-order chi connectivity index (χ1) is 11.9. The van der Waals surface area contributed by atoms with Crippen LogP contribution in [0, 0.1) is 0 Å². The predicted octanol–water partition coefficient (Wildman–Crippen LogP) is 4.77. The monoisotopic (exact) mass is 313 g/mol. The molecule has 0 spiro atoms. The molecule has 1 N–H and O–H groups in total. The van der Waals surface area contributed by atoms with Gasteiger partial charge in [-0.2, -0.15) is 0 Å². The van der Waals surface area contributed by atoms with Crippen molar-refractivity contribution in [2.75, 3.05) is 6.54 Å². The van der Waals surface area contributed by atoms with Crippen LogP contribution in [0.5, 0.6) is 0 Å². The van der Waals surface area contributed by atoms with Gasteiger partial charge in [-0.3, -0.25) is 0 Å². The number of hydrogen-bond acceptors (Lipinski definition) is 1. The van der Waals surface area contributed by atoms with Crippen molar-refractivity contribution in [2.45, 2.75) is 24.3 Å². The summed E-state index contributed by atoms with van der Waals surface area (Å²) in [5.74, 6) is 0. The fourth-order valence-corrected chi connectivity index (χ4v) is 4.26. The van der Waals surface area contributed by atoms with E-state index in [0.29, 0.717) is 6.04 Å². The zero-order valence-corrected chi connectivity index (χ0v) is 13.9. The van der Waals surface area contributed by atoms with Gasteiger partial charge in [-0.05, 0) is 36.1 Å². The van der Waals surface area contributed by atoms with Crippen molar-refractivity contribution in [1.29, 1.82) is 0 Å². The highest BCUT2D eigenvalue weighted by Gasteiger charge is 2.44. The number of rotatable bonds is 4. The van der Waals surface area contributed by atoms with Gasteiger partial charge in [0, 0.05) is 6.04 Å². The van der Waals surface area contributed by atoms with Crippen LogP contribution < -0.4 is 5.32 Å². The second-order valence-electron chi connectivity index (χ2n) is 6.56. The Kier molecular flexibility index (Phi) is 4.18. The maximum atomic E-state index is 3.79. The van der Waals surface area contributed by atoms with Crippen LogP contribution in [-0.4, -0.2) is 12.6 Å². The van der Waals surface area contributed by atoms with Crippen molar-refractivity contribution < 1.29 is 0 Å². The molecule has 120 valence electrons. The van der Waals surface area contributed by atoms with Crippen molar-refractivity contribution in [3.8, 4) is 0 Å². The molecule has 3 aromatic rings. The summed E-state index contributed by atoms with van der Waals surface area (Å²) in [6.45, 7) is 1.10. The van der Waals surface area contributed by atoms with Crippen LogP contribution in [0.2, 0.25) is 0 Å². The fourth-order valence-electron chi connectivity index (χ4n) is 4.26. The van der Waals surface area contributed by atoms with Gasteiger partial charge in [-0.25, -0.2) is 0 Å². The third kappa shape index (κ3) is 2.46. The van der Waals surface area contributed by atoms with E-state index in [1.165, 1.54) is 29.5 Å². The molecule has 4 rings (SSSR count). The molecule has 3 aromatic carbocycles. The van der Waals surface area contributed by atoms with E-state index in [1.807, 2.05) is 0 Å². The van der Waals surface area contributed by atoms with Gasteiger partial charge >= 0.3 is 0 Å². The van der Waals surface area contributed by atoms with Gasteiger partial charge < -0.3 is 5.32 Å². The summed E-state index contributed by atoms with van der Waals surface area (Å²) >= 11 is 0. The van der Waals surface area contributed by atoms with Gasteiger partial charge in [-0.1, -0.05) is 91.0 Å². The van der Waals surface area contributed by atoms with Crippen LogP contribution in [0.3, 0.4) is 0 Å². The Morgan fingerprint density at radius 3 is 1.38 bits per heavy atom. The van der Waals surface area contributed by atoms with Crippen LogP contribution in [-0.2, 0) is 5.41 Å². The quantitative estimate of drug-likeness (QED) is 0.684. The molecule has 1 nitrogen and oxygen atoms in total. The molecule has 1 fully saturated rings. The topological polar surface area (TPSA) is 12.0 Å². The molecule has 0 aromatic heterocycles. The van der Waals surface area contributed by atoms with E-state index in [1.54, 1.807) is 0 Å². The standard InChI is InChI=1S/C23H23N/c1-4-11-19(12-5-1)23(22-17-10-18-24-22,20-13-6-2-7-14-20)21-15-8-3-9-16-21/h1-9,11-16,22,24H,10,17-18H2/t22-/m1/s1. The normalized spacial score (nSPS) is 17.8. The zero-order valence-electron chi connectivity index (χ0n) is 13.9. The van der Waals surface area contributed by atoms with E-state index in [-0.39, 0.29) is 5.41 Å². The third-order valence-corrected chi connectivity index (χ3v) is 5.27. The molecule has 0 aliphatic carbocycles. The summed E-state index contributed by atoms with van der Waals surface area (Å²) in [6.07, 6.45) is 2.43. The van der Waals surface area contributed by atoms with Gasteiger partial charge in [-0.15, -0.1) is 0 Å². The van der Waals surface area contributed by atoms with Crippen molar-refractivity contribution in [1.82, 2.24) is 5.32 Å². The summed E-state index contributed by atoms with van der Waals surface area (Å²) in [4.78, 5) is 0. The molecule has 0 amide bonds. The van der Waals surface area contributed by atoms with Gasteiger partial charge in [0.25, 0.3) is 0 Å². The zero-order chi connectivity index (χ0) is 16.2. The highest BCUT2D eigenvalue weighted by molar-refractivity contribution is 5.52. The lowest BCUT2D eigenvalue weighted by Gasteiger charge is -2.41. The molecule has 1 heteroatoms. The van der Waals surface area contributed by atoms with Crippen LogP contribution >= 0.6 is 0 Å². The van der Waals surface area contributed by atoms with Crippen molar-refractivity contribution in [3.05, 3.63) is 108 Å². The first-order valence-electron chi connectivity index (χ1n) is 8.82. The van der Waals surface area contributed by atoms with E-state index in [2.05, 4.69) is 96.3 Å². The molecule has 1 atom stereocenters. The summed E-state index contributed by atoms with van der Waals surface area (Å²) in [5, 5.41) is 3.79. The molecular formula is C23H23N. The van der Waals surface area contributed by atoms with Crippen molar-refractivity contribution in [3.63, 3.8) is 0 Å². The fraction of sp³-hybridized carbons (Fsp3) is 0.217. The molecule has 0 bridgehead atoms. The molecule has 1 aliphatic heterocycles. The number of hydrogen-bond donors (Lipinski definition) is 1. The summed E-state index contributed by atoms with van der Waals surface area (Å²) in [6, 6.07) is 33.3. The minimum Gasteiger partial charge on any atom is -0.312 e. The molecule has 0 radical (unpaired) electrons.